The van der Waals surface area contributed by atoms with E-state index in [1.165, 1.54) is 11.3 Å². The lowest BCUT2D eigenvalue weighted by Gasteiger charge is -2.21. The predicted molar refractivity (Wildman–Crippen MR) is 106 cm³/mol. The summed E-state index contributed by atoms with van der Waals surface area (Å²) in [6, 6.07) is -0.122. The van der Waals surface area contributed by atoms with Crippen molar-refractivity contribution in [2.24, 2.45) is 5.41 Å². The summed E-state index contributed by atoms with van der Waals surface area (Å²) in [7, 11) is 0. The third-order valence-electron chi connectivity index (χ3n) is 4.43. The van der Waals surface area contributed by atoms with Gasteiger partial charge in [-0.2, -0.15) is 0 Å². The van der Waals surface area contributed by atoms with Crippen molar-refractivity contribution in [3.8, 4) is 0 Å². The number of carbonyl (C=O) groups is 3. The van der Waals surface area contributed by atoms with E-state index in [2.05, 4.69) is 10.6 Å². The van der Waals surface area contributed by atoms with Gasteiger partial charge in [-0.1, -0.05) is 0 Å². The molecule has 1 amide bonds. The Balaban J connectivity index is 2.63. The second-order valence-corrected chi connectivity index (χ2v) is 8.48. The van der Waals surface area contributed by atoms with Gasteiger partial charge >= 0.3 is 11.9 Å². The average Bonchev–Trinajstić information content (AvgIpc) is 2.81. The van der Waals surface area contributed by atoms with Crippen LogP contribution in [0.3, 0.4) is 0 Å². The molecular formula is C19H30N2O5S. The molecule has 1 aromatic rings. The second kappa shape index (κ2) is 9.85. The van der Waals surface area contributed by atoms with Crippen LogP contribution in [0.1, 0.15) is 61.3 Å². The number of carbonyl (C=O) groups excluding carboxylic acids is 2. The Morgan fingerprint density at radius 1 is 1.26 bits per heavy atom. The van der Waals surface area contributed by atoms with Crippen LogP contribution in [0.4, 0.5) is 5.00 Å². The van der Waals surface area contributed by atoms with Crippen LogP contribution >= 0.6 is 11.3 Å². The summed E-state index contributed by atoms with van der Waals surface area (Å²) in [6.07, 6.45) is 0.677. The van der Waals surface area contributed by atoms with Gasteiger partial charge in [-0.25, -0.2) is 4.79 Å². The number of hydrogen-bond acceptors (Lipinski definition) is 6. The number of anilines is 1. The predicted octanol–water partition coefficient (Wildman–Crippen LogP) is 3.35. The third-order valence-corrected chi connectivity index (χ3v) is 5.55. The van der Waals surface area contributed by atoms with Crippen molar-refractivity contribution in [1.82, 2.24) is 5.32 Å². The zero-order valence-electron chi connectivity index (χ0n) is 16.9. The van der Waals surface area contributed by atoms with Crippen molar-refractivity contribution >= 4 is 34.2 Å². The molecule has 0 saturated carbocycles. The number of esters is 1. The van der Waals surface area contributed by atoms with Crippen LogP contribution < -0.4 is 10.6 Å². The molecule has 0 radical (unpaired) electrons. The molecule has 3 N–H and O–H groups in total. The van der Waals surface area contributed by atoms with Crippen molar-refractivity contribution in [3.63, 3.8) is 0 Å². The Morgan fingerprint density at radius 3 is 2.44 bits per heavy atom. The molecule has 1 rings (SSSR count). The Hall–Kier alpha value is -1.93. The first-order chi connectivity index (χ1) is 12.5. The number of amides is 1. The van der Waals surface area contributed by atoms with E-state index in [0.29, 0.717) is 23.5 Å². The quantitative estimate of drug-likeness (QED) is 0.522. The lowest BCUT2D eigenvalue weighted by atomic mass is 9.89. The van der Waals surface area contributed by atoms with Gasteiger partial charge in [0, 0.05) is 17.3 Å². The molecule has 27 heavy (non-hydrogen) atoms. The summed E-state index contributed by atoms with van der Waals surface area (Å²) in [5.41, 5.74) is 0.419. The van der Waals surface area contributed by atoms with Crippen molar-refractivity contribution in [1.29, 1.82) is 0 Å². The Morgan fingerprint density at radius 2 is 1.89 bits per heavy atom. The van der Waals surface area contributed by atoms with E-state index in [1.54, 1.807) is 20.8 Å². The molecule has 1 aromatic heterocycles. The number of aryl methyl sites for hydroxylation is 1. The van der Waals surface area contributed by atoms with E-state index >= 15 is 0 Å². The van der Waals surface area contributed by atoms with Crippen LogP contribution in [0.15, 0.2) is 0 Å². The highest BCUT2D eigenvalue weighted by molar-refractivity contribution is 7.16. The van der Waals surface area contributed by atoms with Gasteiger partial charge in [0.2, 0.25) is 5.91 Å². The van der Waals surface area contributed by atoms with Gasteiger partial charge in [0.05, 0.1) is 17.6 Å². The SMILES string of the molecule is CCOC(=O)c1c(NC(=O)CC(C)NCCC(C)(C)C(=O)O)sc(C)c1C. The zero-order valence-corrected chi connectivity index (χ0v) is 17.7. The van der Waals surface area contributed by atoms with E-state index in [1.807, 2.05) is 20.8 Å². The molecule has 8 heteroatoms. The number of hydrogen-bond donors (Lipinski definition) is 3. The van der Waals surface area contributed by atoms with Gasteiger partial charge in [-0.15, -0.1) is 11.3 Å². The van der Waals surface area contributed by atoms with Crippen LogP contribution in [-0.2, 0) is 14.3 Å². The fourth-order valence-corrected chi connectivity index (χ4v) is 3.49. The van der Waals surface area contributed by atoms with E-state index in [4.69, 9.17) is 9.84 Å². The van der Waals surface area contributed by atoms with E-state index in [-0.39, 0.29) is 25.0 Å². The molecule has 0 fully saturated rings. The minimum atomic E-state index is -0.843. The normalized spacial score (nSPS) is 12.5. The van der Waals surface area contributed by atoms with Gasteiger partial charge in [0.25, 0.3) is 0 Å². The highest BCUT2D eigenvalue weighted by atomic mass is 32.1. The Bertz CT molecular complexity index is 697. The molecule has 0 aliphatic carbocycles. The lowest BCUT2D eigenvalue weighted by Crippen LogP contribution is -2.35. The van der Waals surface area contributed by atoms with Crippen molar-refractivity contribution < 1.29 is 24.2 Å². The monoisotopic (exact) mass is 398 g/mol. The van der Waals surface area contributed by atoms with Crippen LogP contribution in [0, 0.1) is 19.3 Å². The minimum Gasteiger partial charge on any atom is -0.481 e. The Labute approximate surface area is 164 Å². The molecule has 0 aliphatic heterocycles. The average molecular weight is 399 g/mol. The summed E-state index contributed by atoms with van der Waals surface area (Å²) < 4.78 is 5.09. The van der Waals surface area contributed by atoms with Crippen LogP contribution in [-0.4, -0.2) is 42.1 Å². The fraction of sp³-hybridized carbons (Fsp3) is 0.632. The zero-order chi connectivity index (χ0) is 20.8. The molecule has 152 valence electrons. The first-order valence-corrected chi connectivity index (χ1v) is 9.85. The fourth-order valence-electron chi connectivity index (χ4n) is 2.43. The van der Waals surface area contributed by atoms with Gasteiger partial charge in [0.15, 0.2) is 0 Å². The van der Waals surface area contributed by atoms with E-state index in [9.17, 15) is 14.4 Å². The number of nitrogens with one attached hydrogen (secondary N) is 2. The van der Waals surface area contributed by atoms with Gasteiger partial charge in [-0.3, -0.25) is 9.59 Å². The molecule has 0 aliphatic rings. The molecule has 0 saturated heterocycles. The number of ether oxygens (including phenoxy) is 1. The number of carboxylic acids is 1. The highest BCUT2D eigenvalue weighted by Crippen LogP contribution is 2.33. The molecule has 1 unspecified atom stereocenters. The molecule has 7 nitrogen and oxygen atoms in total. The van der Waals surface area contributed by atoms with Crippen LogP contribution in [0.2, 0.25) is 0 Å². The van der Waals surface area contributed by atoms with Gasteiger partial charge in [0.1, 0.15) is 5.00 Å². The topological polar surface area (TPSA) is 105 Å². The lowest BCUT2D eigenvalue weighted by molar-refractivity contribution is -0.147. The first-order valence-electron chi connectivity index (χ1n) is 9.03. The number of thiophene rings is 1. The summed E-state index contributed by atoms with van der Waals surface area (Å²) in [4.78, 5) is 36.6. The standard InChI is InChI=1S/C19H30N2O5S/c1-7-26-17(23)15-12(3)13(4)27-16(15)21-14(22)10-11(2)20-9-8-19(5,6)18(24)25/h11,20H,7-10H2,1-6H3,(H,21,22)(H,24,25). The molecule has 1 atom stereocenters. The smallest absolute Gasteiger partial charge is 0.341 e. The van der Waals surface area contributed by atoms with Crippen molar-refractivity contribution in [2.45, 2.75) is 60.4 Å². The molecule has 0 spiro atoms. The maximum Gasteiger partial charge on any atom is 0.341 e. The largest absolute Gasteiger partial charge is 0.481 e. The molecule has 0 aromatic carbocycles. The number of aliphatic carboxylic acids is 1. The summed E-state index contributed by atoms with van der Waals surface area (Å²) in [6.45, 7) is 11.5. The second-order valence-electron chi connectivity index (χ2n) is 7.25. The maximum atomic E-state index is 12.4. The Kier molecular flexibility index (Phi) is 8.43. The molecular weight excluding hydrogens is 368 g/mol. The number of carboxylic acid groups (broad SMARTS) is 1. The first kappa shape index (κ1) is 23.1. The summed E-state index contributed by atoms with van der Waals surface area (Å²) in [5, 5.41) is 15.6. The van der Waals surface area contributed by atoms with E-state index < -0.39 is 17.4 Å². The van der Waals surface area contributed by atoms with Crippen LogP contribution in [0.25, 0.3) is 0 Å². The van der Waals surface area contributed by atoms with Crippen molar-refractivity contribution in [3.05, 3.63) is 16.0 Å². The van der Waals surface area contributed by atoms with Gasteiger partial charge < -0.3 is 20.5 Å². The summed E-state index contributed by atoms with van der Waals surface area (Å²) >= 11 is 1.36. The van der Waals surface area contributed by atoms with Crippen molar-refractivity contribution in [2.75, 3.05) is 18.5 Å². The molecule has 0 bridgehead atoms. The van der Waals surface area contributed by atoms with E-state index in [0.717, 1.165) is 10.4 Å². The third kappa shape index (κ3) is 6.62. The maximum absolute atomic E-state index is 12.4. The van der Waals surface area contributed by atoms with Gasteiger partial charge in [-0.05, 0) is 60.1 Å². The van der Waals surface area contributed by atoms with Crippen LogP contribution in [0.5, 0.6) is 0 Å². The number of rotatable bonds is 10. The molecule has 1 heterocycles. The minimum absolute atomic E-state index is 0.122. The summed E-state index contributed by atoms with van der Waals surface area (Å²) in [5.74, 6) is -1.49. The highest BCUT2D eigenvalue weighted by Gasteiger charge is 2.27.